The number of carboxylic acids is 1. The maximum atomic E-state index is 11.0. The van der Waals surface area contributed by atoms with Gasteiger partial charge in [0, 0.05) is 35.6 Å². The number of hydrogen-bond acceptors (Lipinski definition) is 4. The Kier molecular flexibility index (Phi) is 3.99. The second kappa shape index (κ2) is 6.31. The lowest BCUT2D eigenvalue weighted by Gasteiger charge is -2.17. The molecule has 0 unspecified atom stereocenters. The van der Waals surface area contributed by atoms with Gasteiger partial charge in [-0.3, -0.25) is 0 Å². The van der Waals surface area contributed by atoms with Crippen molar-refractivity contribution >= 4 is 17.0 Å². The van der Waals surface area contributed by atoms with Crippen molar-refractivity contribution in [2.45, 2.75) is 25.0 Å². The van der Waals surface area contributed by atoms with Gasteiger partial charge in [-0.25, -0.2) is 9.78 Å². The van der Waals surface area contributed by atoms with E-state index in [-0.39, 0.29) is 11.7 Å². The monoisotopic (exact) mass is 338 g/mol. The van der Waals surface area contributed by atoms with Crippen LogP contribution in [-0.2, 0) is 4.74 Å². The molecule has 1 aliphatic rings. The van der Waals surface area contributed by atoms with Crippen LogP contribution >= 0.6 is 0 Å². The molecule has 4 rings (SSSR count). The van der Waals surface area contributed by atoms with Gasteiger partial charge in [0.25, 0.3) is 0 Å². The lowest BCUT2D eigenvalue weighted by molar-refractivity contribution is -0.00267. The van der Waals surface area contributed by atoms with Crippen LogP contribution in [0.1, 0.15) is 34.9 Å². The largest absolute Gasteiger partial charge is 0.478 e. The number of aromatic nitrogens is 2. The van der Waals surface area contributed by atoms with Gasteiger partial charge in [-0.05, 0) is 49.2 Å². The number of carbonyl (C=O) groups is 1. The van der Waals surface area contributed by atoms with E-state index in [1.54, 1.807) is 30.5 Å². The van der Waals surface area contributed by atoms with Gasteiger partial charge >= 0.3 is 5.97 Å². The summed E-state index contributed by atoms with van der Waals surface area (Å²) in [5.41, 5.74) is 2.58. The quantitative estimate of drug-likeness (QED) is 0.764. The molecule has 0 radical (unpaired) electrons. The fraction of sp³-hybridized carbons (Fsp3) is 0.263. The molecule has 6 heteroatoms. The SMILES string of the molecule is O=C(O)c1ccc(-n2ccc3cc([C@@H](O)[C@H]4CCCO4)cnc32)cc1. The molecular weight excluding hydrogens is 320 g/mol. The maximum absolute atomic E-state index is 11.0. The first-order chi connectivity index (χ1) is 12.1. The van der Waals surface area contributed by atoms with Crippen molar-refractivity contribution in [3.8, 4) is 5.69 Å². The highest BCUT2D eigenvalue weighted by Gasteiger charge is 2.26. The van der Waals surface area contributed by atoms with Gasteiger partial charge in [-0.1, -0.05) is 0 Å². The molecule has 2 aromatic heterocycles. The van der Waals surface area contributed by atoms with Gasteiger partial charge in [0.2, 0.25) is 0 Å². The molecule has 2 N–H and O–H groups in total. The average Bonchev–Trinajstić information content (AvgIpc) is 3.30. The number of pyridine rings is 1. The third-order valence-electron chi connectivity index (χ3n) is 4.60. The van der Waals surface area contributed by atoms with E-state index in [1.165, 1.54) is 0 Å². The lowest BCUT2D eigenvalue weighted by Crippen LogP contribution is -2.17. The van der Waals surface area contributed by atoms with E-state index in [0.29, 0.717) is 6.61 Å². The first kappa shape index (κ1) is 15.8. The van der Waals surface area contributed by atoms with E-state index in [2.05, 4.69) is 4.98 Å². The minimum absolute atomic E-state index is 0.162. The van der Waals surface area contributed by atoms with E-state index in [9.17, 15) is 9.90 Å². The number of aliphatic hydroxyl groups is 1. The fourth-order valence-electron chi connectivity index (χ4n) is 3.24. The Bertz CT molecular complexity index is 911. The van der Waals surface area contributed by atoms with E-state index in [1.807, 2.05) is 22.9 Å². The van der Waals surface area contributed by atoms with Crippen molar-refractivity contribution in [2.24, 2.45) is 0 Å². The van der Waals surface area contributed by atoms with Crippen molar-refractivity contribution < 1.29 is 19.7 Å². The third kappa shape index (κ3) is 2.90. The summed E-state index contributed by atoms with van der Waals surface area (Å²) in [5.74, 6) is -0.949. The molecule has 128 valence electrons. The topological polar surface area (TPSA) is 84.6 Å². The Balaban J connectivity index is 1.66. The smallest absolute Gasteiger partial charge is 0.335 e. The number of carboxylic acid groups (broad SMARTS) is 1. The molecule has 0 aliphatic carbocycles. The zero-order valence-electron chi connectivity index (χ0n) is 13.5. The molecule has 1 fully saturated rings. The molecule has 25 heavy (non-hydrogen) atoms. The predicted molar refractivity (Wildman–Crippen MR) is 92.0 cm³/mol. The van der Waals surface area contributed by atoms with Crippen LogP contribution in [0.5, 0.6) is 0 Å². The second-order valence-corrected chi connectivity index (χ2v) is 6.22. The normalized spacial score (nSPS) is 18.5. The van der Waals surface area contributed by atoms with Crippen molar-refractivity contribution in [3.63, 3.8) is 0 Å². The summed E-state index contributed by atoms with van der Waals surface area (Å²) in [6, 6.07) is 10.5. The number of ether oxygens (including phenoxy) is 1. The van der Waals surface area contributed by atoms with Gasteiger partial charge in [0.05, 0.1) is 11.7 Å². The highest BCUT2D eigenvalue weighted by molar-refractivity contribution is 5.88. The first-order valence-electron chi connectivity index (χ1n) is 8.24. The summed E-state index contributed by atoms with van der Waals surface area (Å²) in [7, 11) is 0. The zero-order chi connectivity index (χ0) is 17.4. The number of aromatic carboxylic acids is 1. The number of aliphatic hydroxyl groups excluding tert-OH is 1. The van der Waals surface area contributed by atoms with Crippen LogP contribution in [0.2, 0.25) is 0 Å². The molecule has 1 aliphatic heterocycles. The number of hydrogen-bond donors (Lipinski definition) is 2. The van der Waals surface area contributed by atoms with Crippen LogP contribution in [0.4, 0.5) is 0 Å². The van der Waals surface area contributed by atoms with Crippen LogP contribution in [0.3, 0.4) is 0 Å². The summed E-state index contributed by atoms with van der Waals surface area (Å²) in [6.07, 6.45) is 4.56. The molecule has 6 nitrogen and oxygen atoms in total. The van der Waals surface area contributed by atoms with Crippen LogP contribution in [-0.4, -0.2) is 38.4 Å². The van der Waals surface area contributed by atoms with E-state index in [4.69, 9.17) is 9.84 Å². The fourth-order valence-corrected chi connectivity index (χ4v) is 3.24. The number of fused-ring (bicyclic) bond motifs is 1. The minimum Gasteiger partial charge on any atom is -0.478 e. The van der Waals surface area contributed by atoms with Crippen LogP contribution in [0.25, 0.3) is 16.7 Å². The van der Waals surface area contributed by atoms with Crippen molar-refractivity contribution in [3.05, 3.63) is 59.9 Å². The Labute approximate surface area is 144 Å². The van der Waals surface area contributed by atoms with Gasteiger partial charge in [0.15, 0.2) is 0 Å². The standard InChI is InChI=1S/C19H18N2O4/c22-17(16-2-1-9-25-16)14-10-13-7-8-21(18(13)20-11-14)15-5-3-12(4-6-15)19(23)24/h3-8,10-11,16-17,22H,1-2,9H2,(H,23,24)/t16-,17-/m1/s1. The molecule has 1 saturated heterocycles. The molecule has 0 spiro atoms. The van der Waals surface area contributed by atoms with Gasteiger partial charge < -0.3 is 19.5 Å². The lowest BCUT2D eigenvalue weighted by atomic mass is 10.0. The maximum Gasteiger partial charge on any atom is 0.335 e. The van der Waals surface area contributed by atoms with Crippen LogP contribution < -0.4 is 0 Å². The van der Waals surface area contributed by atoms with E-state index < -0.39 is 12.1 Å². The Morgan fingerprint density at radius 3 is 2.76 bits per heavy atom. The number of nitrogens with zero attached hydrogens (tertiary/aromatic N) is 2. The van der Waals surface area contributed by atoms with Gasteiger partial charge in [-0.2, -0.15) is 0 Å². The Hall–Kier alpha value is -2.70. The summed E-state index contributed by atoms with van der Waals surface area (Å²) < 4.78 is 7.45. The van der Waals surface area contributed by atoms with Gasteiger partial charge in [-0.15, -0.1) is 0 Å². The van der Waals surface area contributed by atoms with Crippen molar-refractivity contribution in [1.82, 2.24) is 9.55 Å². The number of benzene rings is 1. The minimum atomic E-state index is -0.949. The summed E-state index contributed by atoms with van der Waals surface area (Å²) in [4.78, 5) is 15.5. The predicted octanol–water partition coefficient (Wildman–Crippen LogP) is 2.94. The molecule has 3 heterocycles. The van der Waals surface area contributed by atoms with Crippen molar-refractivity contribution in [1.29, 1.82) is 0 Å². The molecule has 0 amide bonds. The van der Waals surface area contributed by atoms with E-state index in [0.717, 1.165) is 35.1 Å². The summed E-state index contributed by atoms with van der Waals surface area (Å²) in [6.45, 7) is 0.695. The summed E-state index contributed by atoms with van der Waals surface area (Å²) in [5, 5.41) is 20.4. The average molecular weight is 338 g/mol. The third-order valence-corrected chi connectivity index (χ3v) is 4.60. The Morgan fingerprint density at radius 2 is 2.08 bits per heavy atom. The van der Waals surface area contributed by atoms with Gasteiger partial charge in [0.1, 0.15) is 11.8 Å². The van der Waals surface area contributed by atoms with Crippen LogP contribution in [0.15, 0.2) is 48.8 Å². The van der Waals surface area contributed by atoms with Crippen molar-refractivity contribution in [2.75, 3.05) is 6.61 Å². The zero-order valence-corrected chi connectivity index (χ0v) is 13.5. The highest BCUT2D eigenvalue weighted by Crippen LogP contribution is 2.29. The van der Waals surface area contributed by atoms with Crippen LogP contribution in [0, 0.1) is 0 Å². The van der Waals surface area contributed by atoms with E-state index >= 15 is 0 Å². The molecule has 0 bridgehead atoms. The Morgan fingerprint density at radius 1 is 1.28 bits per heavy atom. The number of rotatable bonds is 4. The second-order valence-electron chi connectivity index (χ2n) is 6.22. The molecule has 1 aromatic carbocycles. The molecular formula is C19H18N2O4. The highest BCUT2D eigenvalue weighted by atomic mass is 16.5. The molecule has 0 saturated carbocycles. The first-order valence-corrected chi connectivity index (χ1v) is 8.24. The molecule has 3 aromatic rings. The molecule has 2 atom stereocenters. The summed E-state index contributed by atoms with van der Waals surface area (Å²) >= 11 is 0.